The van der Waals surface area contributed by atoms with Gasteiger partial charge in [-0.3, -0.25) is 9.59 Å². The predicted octanol–water partition coefficient (Wildman–Crippen LogP) is 3.38. The van der Waals surface area contributed by atoms with Gasteiger partial charge in [-0.15, -0.1) is 0 Å². The number of hydrogen-bond donors (Lipinski definition) is 1. The molecular weight excluding hydrogens is 328 g/mol. The number of carbonyl (C=O) groups excluding carboxylic acids is 2. The molecule has 0 bridgehead atoms. The molecule has 0 fully saturated rings. The summed E-state index contributed by atoms with van der Waals surface area (Å²) in [6.45, 7) is 4.78. The van der Waals surface area contributed by atoms with Crippen LogP contribution in [0.4, 0.5) is 0 Å². The quantitative estimate of drug-likeness (QED) is 0.750. The molecule has 0 spiro atoms. The second kappa shape index (κ2) is 9.61. The van der Waals surface area contributed by atoms with Crippen molar-refractivity contribution in [3.05, 3.63) is 65.7 Å². The van der Waals surface area contributed by atoms with Crippen molar-refractivity contribution in [1.82, 2.24) is 4.90 Å². The summed E-state index contributed by atoms with van der Waals surface area (Å²) in [5.74, 6) is 0.181. The molecule has 1 atom stereocenters. The minimum absolute atomic E-state index is 0.127. The molecule has 0 aliphatic rings. The minimum atomic E-state index is -0.423. The fourth-order valence-corrected chi connectivity index (χ4v) is 2.48. The Morgan fingerprint density at radius 2 is 1.73 bits per heavy atom. The van der Waals surface area contributed by atoms with Gasteiger partial charge in [0.2, 0.25) is 5.91 Å². The van der Waals surface area contributed by atoms with E-state index in [2.05, 4.69) is 6.92 Å². The van der Waals surface area contributed by atoms with Crippen LogP contribution in [0.15, 0.2) is 54.6 Å². The third-order valence-corrected chi connectivity index (χ3v) is 4.15. The molecular formula is C21H26N2O3. The molecule has 0 aliphatic heterocycles. The van der Waals surface area contributed by atoms with Gasteiger partial charge in [0.15, 0.2) is 0 Å². The molecule has 0 radical (unpaired) electrons. The number of nitrogens with two attached hydrogens (primary N) is 1. The number of hydrogen-bond acceptors (Lipinski definition) is 3. The zero-order valence-electron chi connectivity index (χ0n) is 15.4. The first-order valence-electron chi connectivity index (χ1n) is 8.87. The monoisotopic (exact) mass is 354 g/mol. The molecule has 2 aromatic carbocycles. The van der Waals surface area contributed by atoms with Crippen molar-refractivity contribution in [2.45, 2.75) is 39.3 Å². The Morgan fingerprint density at radius 1 is 1.08 bits per heavy atom. The Kier molecular flexibility index (Phi) is 7.21. The summed E-state index contributed by atoms with van der Waals surface area (Å²) in [7, 11) is 0. The Hall–Kier alpha value is -2.82. The summed E-state index contributed by atoms with van der Waals surface area (Å²) < 4.78 is 5.75. The van der Waals surface area contributed by atoms with Gasteiger partial charge in [-0.05, 0) is 43.2 Å². The standard InChI is InChI=1S/C21H26N2O3/c1-3-16(2)26-19-11-9-18(10-12-19)21(25)23(14-13-20(22)24)15-17-7-5-4-6-8-17/h4-12,16H,3,13-15H2,1-2H3,(H2,22,24). The van der Waals surface area contributed by atoms with Crippen LogP contribution in [0.5, 0.6) is 5.75 Å². The van der Waals surface area contributed by atoms with Crippen molar-refractivity contribution in [1.29, 1.82) is 0 Å². The molecule has 2 rings (SSSR count). The maximum atomic E-state index is 12.9. The summed E-state index contributed by atoms with van der Waals surface area (Å²) in [4.78, 5) is 25.7. The van der Waals surface area contributed by atoms with E-state index in [1.807, 2.05) is 37.3 Å². The lowest BCUT2D eigenvalue weighted by molar-refractivity contribution is -0.118. The van der Waals surface area contributed by atoms with Crippen molar-refractivity contribution in [3.63, 3.8) is 0 Å². The average molecular weight is 354 g/mol. The van der Waals surface area contributed by atoms with Crippen molar-refractivity contribution in [2.75, 3.05) is 6.54 Å². The molecule has 0 heterocycles. The molecule has 0 aliphatic carbocycles. The van der Waals surface area contributed by atoms with Crippen LogP contribution in [-0.2, 0) is 11.3 Å². The summed E-state index contributed by atoms with van der Waals surface area (Å²) >= 11 is 0. The number of nitrogens with zero attached hydrogens (tertiary/aromatic N) is 1. The molecule has 2 aromatic rings. The summed E-state index contributed by atoms with van der Waals surface area (Å²) in [6.07, 6.45) is 1.17. The van der Waals surface area contributed by atoms with E-state index in [0.29, 0.717) is 12.1 Å². The van der Waals surface area contributed by atoms with Gasteiger partial charge in [-0.1, -0.05) is 37.3 Å². The lowest BCUT2D eigenvalue weighted by Gasteiger charge is -2.23. The number of ether oxygens (including phenoxy) is 1. The number of primary amides is 1. The maximum Gasteiger partial charge on any atom is 0.254 e. The summed E-state index contributed by atoms with van der Waals surface area (Å²) in [5.41, 5.74) is 6.82. The molecule has 1 unspecified atom stereocenters. The SMILES string of the molecule is CCC(C)Oc1ccc(C(=O)N(CCC(N)=O)Cc2ccccc2)cc1. The van der Waals surface area contributed by atoms with Gasteiger partial charge in [0.25, 0.3) is 5.91 Å². The highest BCUT2D eigenvalue weighted by Gasteiger charge is 2.17. The summed E-state index contributed by atoms with van der Waals surface area (Å²) in [5, 5.41) is 0. The van der Waals surface area contributed by atoms with Crippen LogP contribution in [0.25, 0.3) is 0 Å². The zero-order valence-corrected chi connectivity index (χ0v) is 15.4. The Balaban J connectivity index is 2.12. The maximum absolute atomic E-state index is 12.9. The molecule has 0 saturated heterocycles. The van der Waals surface area contributed by atoms with Crippen molar-refractivity contribution < 1.29 is 14.3 Å². The average Bonchev–Trinajstić information content (AvgIpc) is 2.65. The van der Waals surface area contributed by atoms with Crippen LogP contribution in [0, 0.1) is 0 Å². The van der Waals surface area contributed by atoms with Crippen LogP contribution < -0.4 is 10.5 Å². The molecule has 5 heteroatoms. The van der Waals surface area contributed by atoms with Crippen molar-refractivity contribution in [3.8, 4) is 5.75 Å². The highest BCUT2D eigenvalue weighted by molar-refractivity contribution is 5.94. The Bertz CT molecular complexity index is 714. The number of rotatable bonds is 9. The van der Waals surface area contributed by atoms with Gasteiger partial charge in [0, 0.05) is 25.1 Å². The van der Waals surface area contributed by atoms with Gasteiger partial charge in [-0.2, -0.15) is 0 Å². The van der Waals surface area contributed by atoms with E-state index in [0.717, 1.165) is 17.7 Å². The fraction of sp³-hybridized carbons (Fsp3) is 0.333. The third kappa shape index (κ3) is 5.92. The lowest BCUT2D eigenvalue weighted by atomic mass is 10.1. The third-order valence-electron chi connectivity index (χ3n) is 4.15. The van der Waals surface area contributed by atoms with E-state index in [1.165, 1.54) is 0 Å². The highest BCUT2D eigenvalue weighted by Crippen LogP contribution is 2.17. The van der Waals surface area contributed by atoms with Crippen molar-refractivity contribution >= 4 is 11.8 Å². The molecule has 0 aromatic heterocycles. The van der Waals surface area contributed by atoms with Gasteiger partial charge in [-0.25, -0.2) is 0 Å². The second-order valence-electron chi connectivity index (χ2n) is 6.29. The van der Waals surface area contributed by atoms with Crippen LogP contribution >= 0.6 is 0 Å². The van der Waals surface area contributed by atoms with E-state index in [9.17, 15) is 9.59 Å². The number of amides is 2. The van der Waals surface area contributed by atoms with Crippen LogP contribution in [0.1, 0.15) is 42.6 Å². The van der Waals surface area contributed by atoms with Crippen molar-refractivity contribution in [2.24, 2.45) is 5.73 Å². The van der Waals surface area contributed by atoms with E-state index in [-0.39, 0.29) is 25.0 Å². The number of carbonyl (C=O) groups is 2. The first-order chi connectivity index (χ1) is 12.5. The van der Waals surface area contributed by atoms with Crippen LogP contribution in [0.3, 0.4) is 0 Å². The zero-order chi connectivity index (χ0) is 18.9. The normalized spacial score (nSPS) is 11.6. The molecule has 138 valence electrons. The minimum Gasteiger partial charge on any atom is -0.491 e. The van der Waals surface area contributed by atoms with E-state index in [4.69, 9.17) is 10.5 Å². The van der Waals surface area contributed by atoms with E-state index >= 15 is 0 Å². The van der Waals surface area contributed by atoms with E-state index < -0.39 is 5.91 Å². The Labute approximate surface area is 154 Å². The highest BCUT2D eigenvalue weighted by atomic mass is 16.5. The van der Waals surface area contributed by atoms with Gasteiger partial charge in [0.1, 0.15) is 5.75 Å². The van der Waals surface area contributed by atoms with Crippen LogP contribution in [0.2, 0.25) is 0 Å². The summed E-state index contributed by atoms with van der Waals surface area (Å²) in [6, 6.07) is 16.8. The topological polar surface area (TPSA) is 72.6 Å². The van der Waals surface area contributed by atoms with E-state index in [1.54, 1.807) is 29.2 Å². The Morgan fingerprint density at radius 3 is 2.31 bits per heavy atom. The molecule has 2 amide bonds. The largest absolute Gasteiger partial charge is 0.491 e. The lowest BCUT2D eigenvalue weighted by Crippen LogP contribution is -2.33. The molecule has 2 N–H and O–H groups in total. The molecule has 0 saturated carbocycles. The van der Waals surface area contributed by atoms with Crippen LogP contribution in [-0.4, -0.2) is 29.4 Å². The predicted molar refractivity (Wildman–Crippen MR) is 102 cm³/mol. The van der Waals surface area contributed by atoms with Gasteiger partial charge < -0.3 is 15.4 Å². The first-order valence-corrected chi connectivity index (χ1v) is 8.87. The fourth-order valence-electron chi connectivity index (χ4n) is 2.48. The first kappa shape index (κ1) is 19.5. The second-order valence-corrected chi connectivity index (χ2v) is 6.29. The molecule has 26 heavy (non-hydrogen) atoms. The molecule has 5 nitrogen and oxygen atoms in total. The van der Waals surface area contributed by atoms with Gasteiger partial charge in [0.05, 0.1) is 6.10 Å². The van der Waals surface area contributed by atoms with Gasteiger partial charge >= 0.3 is 0 Å². The smallest absolute Gasteiger partial charge is 0.254 e. The number of benzene rings is 2.